The van der Waals surface area contributed by atoms with Gasteiger partial charge < -0.3 is 20.1 Å². The maximum absolute atomic E-state index is 5.44. The lowest BCUT2D eigenvalue weighted by molar-refractivity contribution is 0.0733. The van der Waals surface area contributed by atoms with Gasteiger partial charge in [0.05, 0.1) is 19.8 Å². The molecule has 0 aromatic heterocycles. The van der Waals surface area contributed by atoms with Gasteiger partial charge in [0.15, 0.2) is 5.96 Å². The third-order valence-electron chi connectivity index (χ3n) is 4.09. The van der Waals surface area contributed by atoms with Gasteiger partial charge in [-0.2, -0.15) is 0 Å². The van der Waals surface area contributed by atoms with Gasteiger partial charge in [0.2, 0.25) is 0 Å². The summed E-state index contributed by atoms with van der Waals surface area (Å²) in [7, 11) is 3.46. The van der Waals surface area contributed by atoms with E-state index in [1.807, 2.05) is 0 Å². The minimum atomic E-state index is 0.229. The number of nitrogens with zero attached hydrogens (tertiary/aromatic N) is 1. The minimum absolute atomic E-state index is 0.229. The Balaban J connectivity index is 1.74. The molecule has 1 aromatic carbocycles. The van der Waals surface area contributed by atoms with E-state index in [1.54, 1.807) is 14.2 Å². The highest BCUT2D eigenvalue weighted by molar-refractivity contribution is 9.10. The summed E-state index contributed by atoms with van der Waals surface area (Å²) in [5.41, 5.74) is 1.61. The van der Waals surface area contributed by atoms with Gasteiger partial charge in [0.1, 0.15) is 0 Å². The van der Waals surface area contributed by atoms with Crippen LogP contribution in [0.5, 0.6) is 0 Å². The number of ether oxygens (including phenoxy) is 2. The summed E-state index contributed by atoms with van der Waals surface area (Å²) in [6.45, 7) is 3.50. The van der Waals surface area contributed by atoms with Crippen molar-refractivity contribution in [2.75, 3.05) is 47.1 Å². The van der Waals surface area contributed by atoms with Crippen LogP contribution in [-0.2, 0) is 14.9 Å². The van der Waals surface area contributed by atoms with E-state index in [0.29, 0.717) is 19.8 Å². The SMILES string of the molecule is CN=C(NCCOCCOC)NCC1(c2ccccc2Br)CC1. The van der Waals surface area contributed by atoms with Crippen LogP contribution in [0.1, 0.15) is 18.4 Å². The molecular weight excluding hydrogens is 358 g/mol. The van der Waals surface area contributed by atoms with Crippen LogP contribution in [-0.4, -0.2) is 53.0 Å². The second kappa shape index (κ2) is 9.25. The summed E-state index contributed by atoms with van der Waals surface area (Å²) in [4.78, 5) is 4.27. The van der Waals surface area contributed by atoms with Crippen LogP contribution in [0.25, 0.3) is 0 Å². The topological polar surface area (TPSA) is 54.9 Å². The monoisotopic (exact) mass is 383 g/mol. The molecule has 1 fully saturated rings. The van der Waals surface area contributed by atoms with Gasteiger partial charge in [-0.3, -0.25) is 4.99 Å². The molecule has 23 heavy (non-hydrogen) atoms. The summed E-state index contributed by atoms with van der Waals surface area (Å²) in [5, 5.41) is 6.71. The molecule has 5 nitrogen and oxygen atoms in total. The lowest BCUT2D eigenvalue weighted by atomic mass is 9.96. The van der Waals surface area contributed by atoms with Gasteiger partial charge in [0.25, 0.3) is 0 Å². The van der Waals surface area contributed by atoms with Gasteiger partial charge in [-0.15, -0.1) is 0 Å². The first kappa shape index (κ1) is 18.2. The quantitative estimate of drug-likeness (QED) is 0.390. The number of halogens is 1. The molecular formula is C17H26BrN3O2. The molecule has 0 saturated heterocycles. The molecule has 0 aliphatic heterocycles. The summed E-state index contributed by atoms with van der Waals surface area (Å²) in [6.07, 6.45) is 2.42. The number of benzene rings is 1. The van der Waals surface area contributed by atoms with Gasteiger partial charge >= 0.3 is 0 Å². The Morgan fingerprint density at radius 1 is 1.22 bits per heavy atom. The zero-order valence-electron chi connectivity index (χ0n) is 13.9. The number of hydrogen-bond donors (Lipinski definition) is 2. The number of aliphatic imine (C=N–C) groups is 1. The van der Waals surface area contributed by atoms with E-state index in [9.17, 15) is 0 Å². The molecule has 0 amide bonds. The van der Waals surface area contributed by atoms with Crippen LogP contribution >= 0.6 is 15.9 Å². The number of guanidine groups is 1. The fourth-order valence-electron chi connectivity index (χ4n) is 2.54. The highest BCUT2D eigenvalue weighted by Crippen LogP contribution is 2.49. The Bertz CT molecular complexity index is 518. The highest BCUT2D eigenvalue weighted by Gasteiger charge is 2.45. The van der Waals surface area contributed by atoms with E-state index < -0.39 is 0 Å². The summed E-state index contributed by atoms with van der Waals surface area (Å²) in [5.74, 6) is 0.818. The van der Waals surface area contributed by atoms with Gasteiger partial charge in [-0.25, -0.2) is 0 Å². The van der Waals surface area contributed by atoms with Gasteiger partial charge in [0, 0.05) is 37.1 Å². The molecule has 1 aromatic rings. The van der Waals surface area contributed by atoms with E-state index in [2.05, 4.69) is 55.8 Å². The van der Waals surface area contributed by atoms with Crippen molar-refractivity contribution >= 4 is 21.9 Å². The molecule has 2 rings (SSSR count). The summed E-state index contributed by atoms with van der Waals surface area (Å²) in [6, 6.07) is 8.48. The minimum Gasteiger partial charge on any atom is -0.382 e. The van der Waals surface area contributed by atoms with Crippen LogP contribution in [0.15, 0.2) is 33.7 Å². The van der Waals surface area contributed by atoms with Crippen molar-refractivity contribution in [1.82, 2.24) is 10.6 Å². The molecule has 0 unspecified atom stereocenters. The molecule has 1 saturated carbocycles. The van der Waals surface area contributed by atoms with E-state index in [0.717, 1.165) is 19.0 Å². The maximum Gasteiger partial charge on any atom is 0.191 e. The largest absolute Gasteiger partial charge is 0.382 e. The van der Waals surface area contributed by atoms with Crippen molar-refractivity contribution < 1.29 is 9.47 Å². The van der Waals surface area contributed by atoms with Crippen LogP contribution in [0.3, 0.4) is 0 Å². The van der Waals surface area contributed by atoms with Crippen LogP contribution in [0, 0.1) is 0 Å². The third-order valence-corrected chi connectivity index (χ3v) is 4.78. The van der Waals surface area contributed by atoms with Gasteiger partial charge in [-0.05, 0) is 24.5 Å². The van der Waals surface area contributed by atoms with Crippen molar-refractivity contribution in [3.05, 3.63) is 34.3 Å². The number of rotatable bonds is 9. The van der Waals surface area contributed by atoms with Crippen LogP contribution in [0.2, 0.25) is 0 Å². The average molecular weight is 384 g/mol. The highest BCUT2D eigenvalue weighted by atomic mass is 79.9. The predicted molar refractivity (Wildman–Crippen MR) is 97.1 cm³/mol. The molecule has 0 bridgehead atoms. The molecule has 0 spiro atoms. The van der Waals surface area contributed by atoms with Crippen molar-refractivity contribution in [2.45, 2.75) is 18.3 Å². The first-order valence-corrected chi connectivity index (χ1v) is 8.77. The third kappa shape index (κ3) is 5.48. The number of nitrogens with one attached hydrogen (secondary N) is 2. The van der Waals surface area contributed by atoms with Crippen LogP contribution in [0.4, 0.5) is 0 Å². The molecule has 1 aliphatic rings. The Labute approximate surface area is 147 Å². The summed E-state index contributed by atoms with van der Waals surface area (Å²) < 4.78 is 11.6. The molecule has 0 heterocycles. The van der Waals surface area contributed by atoms with E-state index in [1.165, 1.54) is 22.9 Å². The van der Waals surface area contributed by atoms with Crippen molar-refractivity contribution in [2.24, 2.45) is 4.99 Å². The maximum atomic E-state index is 5.44. The normalized spacial score (nSPS) is 16.2. The molecule has 128 valence electrons. The lowest BCUT2D eigenvalue weighted by Gasteiger charge is -2.20. The molecule has 6 heteroatoms. The smallest absolute Gasteiger partial charge is 0.191 e. The van der Waals surface area contributed by atoms with Crippen molar-refractivity contribution in [3.8, 4) is 0 Å². The first-order valence-electron chi connectivity index (χ1n) is 7.98. The molecule has 2 N–H and O–H groups in total. The molecule has 1 aliphatic carbocycles. The first-order chi connectivity index (χ1) is 11.2. The fraction of sp³-hybridized carbons (Fsp3) is 0.588. The Morgan fingerprint density at radius 2 is 2.00 bits per heavy atom. The van der Waals surface area contributed by atoms with Gasteiger partial charge in [-0.1, -0.05) is 34.1 Å². The summed E-state index contributed by atoms with van der Waals surface area (Å²) >= 11 is 3.67. The Morgan fingerprint density at radius 3 is 2.65 bits per heavy atom. The fourth-order valence-corrected chi connectivity index (χ4v) is 3.25. The molecule has 0 atom stereocenters. The Kier molecular flexibility index (Phi) is 7.33. The predicted octanol–water partition coefficient (Wildman–Crippen LogP) is 2.31. The zero-order valence-corrected chi connectivity index (χ0v) is 15.5. The van der Waals surface area contributed by atoms with E-state index >= 15 is 0 Å². The van der Waals surface area contributed by atoms with Crippen molar-refractivity contribution in [3.63, 3.8) is 0 Å². The second-order valence-electron chi connectivity index (χ2n) is 5.72. The zero-order chi connectivity index (χ0) is 16.5. The number of hydrogen-bond acceptors (Lipinski definition) is 3. The average Bonchev–Trinajstić information content (AvgIpc) is 3.35. The van der Waals surface area contributed by atoms with E-state index in [-0.39, 0.29) is 5.41 Å². The van der Waals surface area contributed by atoms with Crippen LogP contribution < -0.4 is 10.6 Å². The second-order valence-corrected chi connectivity index (χ2v) is 6.57. The molecule has 0 radical (unpaired) electrons. The number of methoxy groups -OCH3 is 1. The Hall–Kier alpha value is -1.11. The van der Waals surface area contributed by atoms with Crippen molar-refractivity contribution in [1.29, 1.82) is 0 Å². The lowest BCUT2D eigenvalue weighted by Crippen LogP contribution is -2.42. The van der Waals surface area contributed by atoms with E-state index in [4.69, 9.17) is 9.47 Å². The standard InChI is InChI=1S/C17H26BrN3O2/c1-19-16(20-9-10-23-12-11-22-2)21-13-17(7-8-17)14-5-3-4-6-15(14)18/h3-6H,7-13H2,1-2H3,(H2,19,20,21).